The lowest BCUT2D eigenvalue weighted by Crippen LogP contribution is -2.47. The fourth-order valence-corrected chi connectivity index (χ4v) is 3.03. The van der Waals surface area contributed by atoms with Crippen LogP contribution in [0.1, 0.15) is 24.2 Å². The number of carbonyl (C=O) groups is 2. The third kappa shape index (κ3) is 5.85. The fraction of sp³-hybridized carbons (Fsp3) is 0.300. The van der Waals surface area contributed by atoms with Crippen LogP contribution in [-0.4, -0.2) is 32.1 Å². The van der Waals surface area contributed by atoms with Gasteiger partial charge < -0.3 is 20.1 Å². The molecule has 0 fully saturated rings. The van der Waals surface area contributed by atoms with Crippen molar-refractivity contribution in [1.82, 2.24) is 5.32 Å². The third-order valence-electron chi connectivity index (χ3n) is 3.94. The highest BCUT2D eigenvalue weighted by atomic mass is 127. The maximum absolute atomic E-state index is 12.7. The Kier molecular flexibility index (Phi) is 7.46. The smallest absolute Gasteiger partial charge is 0.252 e. The molecule has 0 aliphatic carbocycles. The van der Waals surface area contributed by atoms with Crippen molar-refractivity contribution in [2.75, 3.05) is 19.5 Å². The van der Waals surface area contributed by atoms with Crippen molar-refractivity contribution in [2.24, 2.45) is 5.92 Å². The van der Waals surface area contributed by atoms with E-state index in [1.54, 1.807) is 18.2 Å². The number of hydrogen-bond acceptors (Lipinski definition) is 4. The molecule has 6 nitrogen and oxygen atoms in total. The molecule has 144 valence electrons. The Hall–Kier alpha value is -2.29. The summed E-state index contributed by atoms with van der Waals surface area (Å²) >= 11 is 2.18. The Morgan fingerprint density at radius 3 is 2.15 bits per heavy atom. The van der Waals surface area contributed by atoms with Gasteiger partial charge in [-0.3, -0.25) is 9.59 Å². The van der Waals surface area contributed by atoms with Crippen LogP contribution in [0.2, 0.25) is 0 Å². The molecule has 0 aliphatic heterocycles. The van der Waals surface area contributed by atoms with E-state index in [4.69, 9.17) is 9.47 Å². The van der Waals surface area contributed by atoms with E-state index in [2.05, 4.69) is 33.2 Å². The number of rotatable bonds is 7. The lowest BCUT2D eigenvalue weighted by Gasteiger charge is -2.22. The fourth-order valence-electron chi connectivity index (χ4n) is 2.48. The van der Waals surface area contributed by atoms with Crippen LogP contribution in [0.15, 0.2) is 42.5 Å². The summed E-state index contributed by atoms with van der Waals surface area (Å²) in [6.07, 6.45) is 0. The van der Waals surface area contributed by atoms with Gasteiger partial charge >= 0.3 is 0 Å². The monoisotopic (exact) mass is 482 g/mol. The summed E-state index contributed by atoms with van der Waals surface area (Å²) < 4.78 is 11.4. The topological polar surface area (TPSA) is 76.7 Å². The molecule has 0 saturated carbocycles. The molecular weight excluding hydrogens is 459 g/mol. The molecule has 27 heavy (non-hydrogen) atoms. The summed E-state index contributed by atoms with van der Waals surface area (Å²) in [6, 6.07) is 11.7. The number of nitrogens with one attached hydrogen (secondary N) is 2. The van der Waals surface area contributed by atoms with E-state index >= 15 is 0 Å². The van der Waals surface area contributed by atoms with Gasteiger partial charge in [0.2, 0.25) is 5.91 Å². The van der Waals surface area contributed by atoms with E-state index in [9.17, 15) is 9.59 Å². The van der Waals surface area contributed by atoms with Crippen LogP contribution in [-0.2, 0) is 4.79 Å². The van der Waals surface area contributed by atoms with Gasteiger partial charge in [-0.1, -0.05) is 19.9 Å². The maximum Gasteiger partial charge on any atom is 0.252 e. The summed E-state index contributed by atoms with van der Waals surface area (Å²) in [7, 11) is 3.03. The van der Waals surface area contributed by atoms with Gasteiger partial charge in [0.25, 0.3) is 5.91 Å². The van der Waals surface area contributed by atoms with E-state index in [1.165, 1.54) is 14.2 Å². The van der Waals surface area contributed by atoms with Gasteiger partial charge in [-0.05, 0) is 58.8 Å². The number of amides is 2. The summed E-state index contributed by atoms with van der Waals surface area (Å²) in [4.78, 5) is 25.4. The van der Waals surface area contributed by atoms with Crippen LogP contribution in [0.5, 0.6) is 11.5 Å². The van der Waals surface area contributed by atoms with E-state index in [0.717, 1.165) is 3.57 Å². The predicted molar refractivity (Wildman–Crippen MR) is 113 cm³/mol. The van der Waals surface area contributed by atoms with Crippen molar-refractivity contribution in [3.8, 4) is 11.5 Å². The highest BCUT2D eigenvalue weighted by molar-refractivity contribution is 14.1. The van der Waals surface area contributed by atoms with Crippen LogP contribution in [0.3, 0.4) is 0 Å². The molecule has 0 aromatic heterocycles. The van der Waals surface area contributed by atoms with Crippen LogP contribution in [0.25, 0.3) is 0 Å². The lowest BCUT2D eigenvalue weighted by molar-refractivity contribution is -0.118. The number of ether oxygens (including phenoxy) is 2. The second-order valence-electron chi connectivity index (χ2n) is 6.30. The number of benzene rings is 2. The minimum absolute atomic E-state index is 0.0933. The molecule has 2 amide bonds. The van der Waals surface area contributed by atoms with Gasteiger partial charge in [-0.15, -0.1) is 0 Å². The van der Waals surface area contributed by atoms with E-state index in [1.807, 2.05) is 38.1 Å². The summed E-state index contributed by atoms with van der Waals surface area (Å²) in [5, 5.41) is 5.66. The number of methoxy groups -OCH3 is 2. The highest BCUT2D eigenvalue weighted by Gasteiger charge is 2.25. The van der Waals surface area contributed by atoms with Crippen molar-refractivity contribution >= 4 is 40.1 Å². The van der Waals surface area contributed by atoms with Gasteiger partial charge in [-0.2, -0.15) is 0 Å². The van der Waals surface area contributed by atoms with Crippen molar-refractivity contribution in [3.05, 3.63) is 51.6 Å². The van der Waals surface area contributed by atoms with Crippen molar-refractivity contribution in [2.45, 2.75) is 19.9 Å². The average molecular weight is 482 g/mol. The van der Waals surface area contributed by atoms with Crippen molar-refractivity contribution in [1.29, 1.82) is 0 Å². The van der Waals surface area contributed by atoms with Gasteiger partial charge in [0.05, 0.1) is 14.2 Å². The van der Waals surface area contributed by atoms with Crippen LogP contribution in [0, 0.1) is 9.49 Å². The number of halogens is 1. The highest BCUT2D eigenvalue weighted by Crippen LogP contribution is 2.23. The molecule has 2 N–H and O–H groups in total. The molecule has 1 unspecified atom stereocenters. The first-order valence-electron chi connectivity index (χ1n) is 8.44. The largest absolute Gasteiger partial charge is 0.497 e. The molecular formula is C20H23IN2O4. The molecule has 7 heteroatoms. The normalized spacial score (nSPS) is 11.6. The first kappa shape index (κ1) is 21.0. The number of carbonyl (C=O) groups excluding carboxylic acids is 2. The summed E-state index contributed by atoms with van der Waals surface area (Å²) in [5.74, 6) is 0.274. The Morgan fingerprint density at radius 1 is 1.00 bits per heavy atom. The Bertz CT molecular complexity index is 801. The van der Waals surface area contributed by atoms with E-state index < -0.39 is 6.04 Å². The van der Waals surface area contributed by atoms with Gasteiger partial charge in [0, 0.05) is 20.9 Å². The molecule has 2 aromatic carbocycles. The summed E-state index contributed by atoms with van der Waals surface area (Å²) in [5.41, 5.74) is 1.05. The van der Waals surface area contributed by atoms with Gasteiger partial charge in [0.1, 0.15) is 17.5 Å². The molecule has 0 radical (unpaired) electrons. The quantitative estimate of drug-likeness (QED) is 0.591. The molecule has 0 aliphatic rings. The Balaban J connectivity index is 2.17. The number of anilines is 1. The zero-order valence-corrected chi connectivity index (χ0v) is 17.9. The minimum atomic E-state index is -0.687. The Labute approximate surface area is 172 Å². The minimum Gasteiger partial charge on any atom is -0.497 e. The van der Waals surface area contributed by atoms with Crippen LogP contribution < -0.4 is 20.1 Å². The first-order valence-corrected chi connectivity index (χ1v) is 9.52. The lowest BCUT2D eigenvalue weighted by atomic mass is 10.0. The zero-order valence-electron chi connectivity index (χ0n) is 15.7. The average Bonchev–Trinajstić information content (AvgIpc) is 2.64. The molecule has 0 heterocycles. The van der Waals surface area contributed by atoms with E-state index in [-0.39, 0.29) is 17.7 Å². The molecule has 0 bridgehead atoms. The first-order chi connectivity index (χ1) is 12.8. The van der Waals surface area contributed by atoms with Crippen LogP contribution >= 0.6 is 22.6 Å². The molecule has 2 aromatic rings. The van der Waals surface area contributed by atoms with Crippen LogP contribution in [0.4, 0.5) is 5.69 Å². The van der Waals surface area contributed by atoms with Crippen molar-refractivity contribution in [3.63, 3.8) is 0 Å². The predicted octanol–water partition coefficient (Wildman–Crippen LogP) is 3.70. The Morgan fingerprint density at radius 2 is 1.63 bits per heavy atom. The third-order valence-corrected chi connectivity index (χ3v) is 4.61. The molecule has 2 rings (SSSR count). The van der Waals surface area contributed by atoms with Gasteiger partial charge in [-0.25, -0.2) is 0 Å². The maximum atomic E-state index is 12.7. The van der Waals surface area contributed by atoms with Gasteiger partial charge in [0.15, 0.2) is 0 Å². The second kappa shape index (κ2) is 9.59. The molecule has 1 atom stereocenters. The SMILES string of the molecule is COc1cc(OC)cc(C(=O)NC(C(=O)Nc2cccc(I)c2)C(C)C)c1. The summed E-state index contributed by atoms with van der Waals surface area (Å²) in [6.45, 7) is 3.76. The second-order valence-corrected chi connectivity index (χ2v) is 7.54. The van der Waals surface area contributed by atoms with E-state index in [0.29, 0.717) is 22.7 Å². The number of hydrogen-bond donors (Lipinski definition) is 2. The van der Waals surface area contributed by atoms with Crippen molar-refractivity contribution < 1.29 is 19.1 Å². The molecule has 0 saturated heterocycles. The zero-order chi connectivity index (χ0) is 20.0. The standard InChI is InChI=1S/C20H23IN2O4/c1-12(2)18(20(25)22-15-7-5-6-14(21)10-15)23-19(24)13-8-16(26-3)11-17(9-13)27-4/h5-12,18H,1-4H3,(H,22,25)(H,23,24). The molecule has 0 spiro atoms.